The largest absolute Gasteiger partial charge is 0.481 e. The number of aliphatic carboxylic acids is 3. The zero-order valence-corrected chi connectivity index (χ0v) is 16.3. The van der Waals surface area contributed by atoms with Crippen LogP contribution in [0, 0.1) is 0 Å². The van der Waals surface area contributed by atoms with E-state index in [0.717, 1.165) is 0 Å². The van der Waals surface area contributed by atoms with E-state index in [2.05, 4.69) is 0 Å². The lowest BCUT2D eigenvalue weighted by molar-refractivity contribution is -0.183. The van der Waals surface area contributed by atoms with E-state index in [4.69, 9.17) is 0 Å². The van der Waals surface area contributed by atoms with Crippen molar-refractivity contribution in [1.29, 1.82) is 0 Å². The van der Waals surface area contributed by atoms with Gasteiger partial charge in [0.2, 0.25) is 5.60 Å². The van der Waals surface area contributed by atoms with Gasteiger partial charge in [0.15, 0.2) is 5.41 Å². The van der Waals surface area contributed by atoms with Gasteiger partial charge >= 0.3 is 17.9 Å². The minimum absolute atomic E-state index is 0.0441. The summed E-state index contributed by atoms with van der Waals surface area (Å²) < 4.78 is 0. The third-order valence-corrected chi connectivity index (χ3v) is 5.43. The molecule has 4 N–H and O–H groups in total. The Kier molecular flexibility index (Phi) is 5.90. The van der Waals surface area contributed by atoms with Gasteiger partial charge < -0.3 is 20.4 Å². The van der Waals surface area contributed by atoms with Gasteiger partial charge in [0.25, 0.3) is 0 Å². The first-order chi connectivity index (χ1) is 14.8. The maximum atomic E-state index is 12.9. The monoisotopic (exact) mass is 420 g/mol. The molecule has 0 aliphatic rings. The number of rotatable bonds is 8. The lowest BCUT2D eigenvalue weighted by atomic mass is 9.57. The van der Waals surface area contributed by atoms with Crippen molar-refractivity contribution in [3.63, 3.8) is 0 Å². The summed E-state index contributed by atoms with van der Waals surface area (Å²) in [5.41, 5.74) is -6.12. The van der Waals surface area contributed by atoms with E-state index < -0.39 is 34.8 Å². The fraction of sp³-hybridized carbons (Fsp3) is 0.125. The van der Waals surface area contributed by atoms with Crippen molar-refractivity contribution in [1.82, 2.24) is 0 Å². The van der Waals surface area contributed by atoms with Crippen LogP contribution >= 0.6 is 0 Å². The molecule has 0 aliphatic heterocycles. The highest BCUT2D eigenvalue weighted by atomic mass is 16.4. The number of carbonyl (C=O) groups is 3. The lowest BCUT2D eigenvalue weighted by Crippen LogP contribution is -2.66. The molecule has 0 amide bonds. The number of carboxylic acids is 3. The molecule has 158 valence electrons. The molecular weight excluding hydrogens is 400 g/mol. The van der Waals surface area contributed by atoms with Gasteiger partial charge in [0.05, 0.1) is 0 Å². The van der Waals surface area contributed by atoms with E-state index in [0.29, 0.717) is 0 Å². The molecule has 3 aromatic rings. The Bertz CT molecular complexity index is 1040. The molecule has 0 heterocycles. The van der Waals surface area contributed by atoms with Crippen molar-refractivity contribution >= 4 is 17.9 Å². The molecule has 0 radical (unpaired) electrons. The van der Waals surface area contributed by atoms with Crippen LogP contribution < -0.4 is 0 Å². The van der Waals surface area contributed by atoms with E-state index in [-0.39, 0.29) is 16.7 Å². The molecule has 3 rings (SSSR count). The maximum Gasteiger partial charge on any atom is 0.338 e. The van der Waals surface area contributed by atoms with Crippen LogP contribution in [-0.4, -0.2) is 43.9 Å². The van der Waals surface area contributed by atoms with Crippen molar-refractivity contribution in [2.24, 2.45) is 0 Å². The Morgan fingerprint density at radius 3 is 1.32 bits per heavy atom. The summed E-state index contributed by atoms with van der Waals surface area (Å²) in [7, 11) is 0. The summed E-state index contributed by atoms with van der Waals surface area (Å²) in [6.45, 7) is 0. The molecule has 3 aromatic carbocycles. The van der Waals surface area contributed by atoms with Gasteiger partial charge in [-0.3, -0.25) is 9.59 Å². The van der Waals surface area contributed by atoms with Crippen LogP contribution in [0.4, 0.5) is 0 Å². The first-order valence-electron chi connectivity index (χ1n) is 9.35. The summed E-state index contributed by atoms with van der Waals surface area (Å²) in [5.74, 6) is -7.44. The summed E-state index contributed by atoms with van der Waals surface area (Å²) in [6.07, 6.45) is 0. The van der Waals surface area contributed by atoms with Gasteiger partial charge in [0, 0.05) is 0 Å². The van der Waals surface area contributed by atoms with Gasteiger partial charge in [0.1, 0.15) is 5.92 Å². The Hall–Kier alpha value is -3.97. The van der Waals surface area contributed by atoms with Crippen LogP contribution in [0.1, 0.15) is 22.6 Å². The summed E-state index contributed by atoms with van der Waals surface area (Å²) in [5, 5.41) is 42.6. The Morgan fingerprint density at radius 2 is 1.00 bits per heavy atom. The molecule has 0 saturated heterocycles. The number of carboxylic acid groups (broad SMARTS) is 3. The van der Waals surface area contributed by atoms with E-state index in [9.17, 15) is 34.8 Å². The molecule has 2 atom stereocenters. The molecule has 0 fully saturated rings. The van der Waals surface area contributed by atoms with Crippen LogP contribution in [0.15, 0.2) is 91.0 Å². The van der Waals surface area contributed by atoms with Gasteiger partial charge in [-0.1, -0.05) is 91.0 Å². The normalized spacial score (nSPS) is 14.2. The fourth-order valence-corrected chi connectivity index (χ4v) is 4.10. The van der Waals surface area contributed by atoms with Crippen molar-refractivity contribution in [3.8, 4) is 0 Å². The second-order valence-corrected chi connectivity index (χ2v) is 7.04. The smallest absolute Gasteiger partial charge is 0.338 e. The number of hydrogen-bond acceptors (Lipinski definition) is 4. The van der Waals surface area contributed by atoms with Crippen LogP contribution in [-0.2, 0) is 19.8 Å². The quantitative estimate of drug-likeness (QED) is 0.440. The van der Waals surface area contributed by atoms with Crippen LogP contribution in [0.3, 0.4) is 0 Å². The van der Waals surface area contributed by atoms with Crippen molar-refractivity contribution in [2.45, 2.75) is 16.9 Å². The van der Waals surface area contributed by atoms with Crippen molar-refractivity contribution < 1.29 is 34.8 Å². The predicted molar refractivity (Wildman–Crippen MR) is 111 cm³/mol. The van der Waals surface area contributed by atoms with E-state index in [1.54, 1.807) is 18.2 Å². The second-order valence-electron chi connectivity index (χ2n) is 7.04. The maximum absolute atomic E-state index is 12.9. The van der Waals surface area contributed by atoms with Gasteiger partial charge in [-0.05, 0) is 16.7 Å². The third kappa shape index (κ3) is 3.35. The highest BCUT2D eigenvalue weighted by Crippen LogP contribution is 2.49. The number of benzene rings is 3. The Labute approximate surface area is 177 Å². The molecule has 0 spiro atoms. The standard InChI is InChI=1S/C24H20O7/c25-20(26)19(16-10-4-1-5-11-16)24(31,22(29)30)23(21(27)28,17-12-6-2-7-13-17)18-14-8-3-9-15-18/h1-15,19,31H,(H,25,26)(H,27,28)(H,29,30). The average Bonchev–Trinajstić information content (AvgIpc) is 2.76. The minimum Gasteiger partial charge on any atom is -0.481 e. The predicted octanol–water partition coefficient (Wildman–Crippen LogP) is 2.74. The average molecular weight is 420 g/mol. The summed E-state index contributed by atoms with van der Waals surface area (Å²) in [6, 6.07) is 21.9. The highest BCUT2D eigenvalue weighted by Gasteiger charge is 2.68. The van der Waals surface area contributed by atoms with Gasteiger partial charge in [-0.15, -0.1) is 0 Å². The number of hydrogen-bond donors (Lipinski definition) is 4. The molecule has 7 heteroatoms. The van der Waals surface area contributed by atoms with Gasteiger partial charge in [-0.2, -0.15) is 0 Å². The summed E-state index contributed by atoms with van der Waals surface area (Å²) >= 11 is 0. The van der Waals surface area contributed by atoms with Crippen molar-refractivity contribution in [2.75, 3.05) is 0 Å². The zero-order chi connectivity index (χ0) is 22.6. The SMILES string of the molecule is O=C(O)C(c1ccccc1)C(O)(C(=O)O)C(C(=O)O)(c1ccccc1)c1ccccc1. The molecule has 0 bridgehead atoms. The molecule has 2 unspecified atom stereocenters. The zero-order valence-electron chi connectivity index (χ0n) is 16.3. The Morgan fingerprint density at radius 1 is 0.613 bits per heavy atom. The first kappa shape index (κ1) is 21.7. The minimum atomic E-state index is -3.30. The molecule has 31 heavy (non-hydrogen) atoms. The first-order valence-corrected chi connectivity index (χ1v) is 9.35. The van der Waals surface area contributed by atoms with Crippen LogP contribution in [0.5, 0.6) is 0 Å². The second kappa shape index (κ2) is 8.41. The van der Waals surface area contributed by atoms with Crippen molar-refractivity contribution in [3.05, 3.63) is 108 Å². The van der Waals surface area contributed by atoms with Gasteiger partial charge in [-0.25, -0.2) is 4.79 Å². The fourth-order valence-electron chi connectivity index (χ4n) is 4.10. The van der Waals surface area contributed by atoms with E-state index >= 15 is 0 Å². The molecule has 0 aliphatic carbocycles. The van der Waals surface area contributed by atoms with E-state index in [1.807, 2.05) is 0 Å². The third-order valence-electron chi connectivity index (χ3n) is 5.43. The van der Waals surface area contributed by atoms with Crippen LogP contribution in [0.25, 0.3) is 0 Å². The highest BCUT2D eigenvalue weighted by molar-refractivity contribution is 6.01. The number of aliphatic hydroxyl groups is 1. The molecule has 0 aromatic heterocycles. The lowest BCUT2D eigenvalue weighted by Gasteiger charge is -2.45. The molecular formula is C24H20O7. The van der Waals surface area contributed by atoms with E-state index in [1.165, 1.54) is 72.8 Å². The topological polar surface area (TPSA) is 132 Å². The Balaban J connectivity index is 2.51. The molecule has 7 nitrogen and oxygen atoms in total. The summed E-state index contributed by atoms with van der Waals surface area (Å²) in [4.78, 5) is 37.9. The molecule has 0 saturated carbocycles. The van der Waals surface area contributed by atoms with Crippen LogP contribution in [0.2, 0.25) is 0 Å².